The molecule has 0 aromatic carbocycles. The molecule has 0 bridgehead atoms. The maximum Gasteiger partial charge on any atom is 0.0584 e. The Balaban J connectivity index is 2.21. The summed E-state index contributed by atoms with van der Waals surface area (Å²) in [5, 5.41) is 12.5. The quantitative estimate of drug-likeness (QED) is 0.672. The highest BCUT2D eigenvalue weighted by Gasteiger charge is 2.22. The van der Waals surface area contributed by atoms with Gasteiger partial charge in [-0.25, -0.2) is 0 Å². The van der Waals surface area contributed by atoms with Gasteiger partial charge in [-0.2, -0.15) is 0 Å². The SMILES string of the molecule is CC[C@@H](CO)N[C@H]1CC[C@H](C)C1. The molecule has 3 atom stereocenters. The first kappa shape index (κ1) is 10.0. The minimum Gasteiger partial charge on any atom is -0.395 e. The zero-order chi connectivity index (χ0) is 8.97. The predicted molar refractivity (Wildman–Crippen MR) is 51.1 cm³/mol. The summed E-state index contributed by atoms with van der Waals surface area (Å²) in [7, 11) is 0. The summed E-state index contributed by atoms with van der Waals surface area (Å²) in [6, 6.07) is 0.984. The highest BCUT2D eigenvalue weighted by atomic mass is 16.3. The van der Waals surface area contributed by atoms with E-state index in [1.54, 1.807) is 0 Å². The lowest BCUT2D eigenvalue weighted by molar-refractivity contribution is 0.227. The zero-order valence-electron chi connectivity index (χ0n) is 8.21. The molecule has 2 N–H and O–H groups in total. The predicted octanol–water partition coefficient (Wildman–Crippen LogP) is 1.54. The fraction of sp³-hybridized carbons (Fsp3) is 1.00. The van der Waals surface area contributed by atoms with Gasteiger partial charge in [-0.3, -0.25) is 0 Å². The Morgan fingerprint density at radius 2 is 2.25 bits per heavy atom. The molecule has 1 saturated carbocycles. The molecule has 2 nitrogen and oxygen atoms in total. The first-order valence-electron chi connectivity index (χ1n) is 5.13. The Bertz CT molecular complexity index is 123. The monoisotopic (exact) mass is 171 g/mol. The van der Waals surface area contributed by atoms with E-state index in [9.17, 15) is 0 Å². The number of hydrogen-bond acceptors (Lipinski definition) is 2. The van der Waals surface area contributed by atoms with Gasteiger partial charge in [0.1, 0.15) is 0 Å². The average molecular weight is 171 g/mol. The van der Waals surface area contributed by atoms with Crippen molar-refractivity contribution >= 4 is 0 Å². The molecule has 2 heteroatoms. The average Bonchev–Trinajstić information content (AvgIpc) is 2.47. The van der Waals surface area contributed by atoms with Gasteiger partial charge in [0.2, 0.25) is 0 Å². The molecule has 0 radical (unpaired) electrons. The van der Waals surface area contributed by atoms with Crippen molar-refractivity contribution < 1.29 is 5.11 Å². The standard InChI is InChI=1S/C10H21NO/c1-3-9(7-12)11-10-5-4-8(2)6-10/h8-12H,3-7H2,1-2H3/t8-,9-,10-/m0/s1. The van der Waals surface area contributed by atoms with Crippen molar-refractivity contribution in [1.29, 1.82) is 0 Å². The minimum absolute atomic E-state index is 0.279. The first-order chi connectivity index (χ1) is 5.76. The number of hydrogen-bond donors (Lipinski definition) is 2. The second kappa shape index (κ2) is 4.83. The molecular weight excluding hydrogens is 150 g/mol. The van der Waals surface area contributed by atoms with Crippen LogP contribution in [0.15, 0.2) is 0 Å². The third-order valence-corrected chi connectivity index (χ3v) is 2.88. The first-order valence-corrected chi connectivity index (χ1v) is 5.13. The molecule has 0 aromatic rings. The van der Waals surface area contributed by atoms with E-state index in [4.69, 9.17) is 5.11 Å². The van der Waals surface area contributed by atoms with Crippen molar-refractivity contribution in [3.8, 4) is 0 Å². The summed E-state index contributed by atoms with van der Waals surface area (Å²) < 4.78 is 0. The Kier molecular flexibility index (Phi) is 4.02. The molecule has 1 aliphatic rings. The lowest BCUT2D eigenvalue weighted by Crippen LogP contribution is -2.38. The summed E-state index contributed by atoms with van der Waals surface area (Å²) in [5.41, 5.74) is 0. The minimum atomic E-state index is 0.279. The van der Waals surface area contributed by atoms with Crippen molar-refractivity contribution in [2.75, 3.05) is 6.61 Å². The van der Waals surface area contributed by atoms with Crippen LogP contribution in [-0.2, 0) is 0 Å². The molecule has 0 spiro atoms. The molecule has 0 amide bonds. The third kappa shape index (κ3) is 2.76. The number of aliphatic hydroxyl groups excluding tert-OH is 1. The Hall–Kier alpha value is -0.0800. The van der Waals surface area contributed by atoms with Gasteiger partial charge < -0.3 is 10.4 Å². The van der Waals surface area contributed by atoms with Crippen LogP contribution in [0.25, 0.3) is 0 Å². The largest absolute Gasteiger partial charge is 0.395 e. The van der Waals surface area contributed by atoms with Gasteiger partial charge in [-0.1, -0.05) is 13.8 Å². The van der Waals surface area contributed by atoms with E-state index in [1.165, 1.54) is 19.3 Å². The Morgan fingerprint density at radius 1 is 1.50 bits per heavy atom. The maximum absolute atomic E-state index is 8.99. The molecule has 0 unspecified atom stereocenters. The fourth-order valence-corrected chi connectivity index (χ4v) is 1.99. The summed E-state index contributed by atoms with van der Waals surface area (Å²) in [4.78, 5) is 0. The van der Waals surface area contributed by atoms with Gasteiger partial charge in [0.05, 0.1) is 6.61 Å². The number of aliphatic hydroxyl groups is 1. The van der Waals surface area contributed by atoms with Crippen LogP contribution < -0.4 is 5.32 Å². The molecule has 12 heavy (non-hydrogen) atoms. The van der Waals surface area contributed by atoms with Crippen molar-refractivity contribution in [3.63, 3.8) is 0 Å². The van der Waals surface area contributed by atoms with Crippen LogP contribution in [0.1, 0.15) is 39.5 Å². The number of rotatable bonds is 4. The molecular formula is C10H21NO. The van der Waals surface area contributed by atoms with E-state index in [2.05, 4.69) is 19.2 Å². The normalized spacial score (nSPS) is 32.2. The maximum atomic E-state index is 8.99. The fourth-order valence-electron chi connectivity index (χ4n) is 1.99. The molecule has 0 aromatic heterocycles. The van der Waals surface area contributed by atoms with Crippen molar-refractivity contribution in [3.05, 3.63) is 0 Å². The lowest BCUT2D eigenvalue weighted by Gasteiger charge is -2.19. The van der Waals surface area contributed by atoms with Gasteiger partial charge in [0.25, 0.3) is 0 Å². The van der Waals surface area contributed by atoms with Crippen LogP contribution in [0.2, 0.25) is 0 Å². The molecule has 1 aliphatic carbocycles. The molecule has 72 valence electrons. The Labute approximate surface area is 75.4 Å². The van der Waals surface area contributed by atoms with Gasteiger partial charge in [0, 0.05) is 12.1 Å². The van der Waals surface area contributed by atoms with E-state index < -0.39 is 0 Å². The van der Waals surface area contributed by atoms with Crippen LogP contribution in [0.3, 0.4) is 0 Å². The third-order valence-electron chi connectivity index (χ3n) is 2.88. The van der Waals surface area contributed by atoms with Gasteiger partial charge >= 0.3 is 0 Å². The molecule has 0 saturated heterocycles. The van der Waals surface area contributed by atoms with Crippen LogP contribution in [0.5, 0.6) is 0 Å². The topological polar surface area (TPSA) is 32.3 Å². The highest BCUT2D eigenvalue weighted by Crippen LogP contribution is 2.24. The van der Waals surface area contributed by atoms with Gasteiger partial charge in [-0.15, -0.1) is 0 Å². The van der Waals surface area contributed by atoms with Crippen molar-refractivity contribution in [2.45, 2.75) is 51.6 Å². The Morgan fingerprint density at radius 3 is 2.67 bits per heavy atom. The summed E-state index contributed by atoms with van der Waals surface area (Å²) in [6.45, 7) is 4.70. The summed E-state index contributed by atoms with van der Waals surface area (Å²) in [5.74, 6) is 0.874. The summed E-state index contributed by atoms with van der Waals surface area (Å²) >= 11 is 0. The smallest absolute Gasteiger partial charge is 0.0584 e. The molecule has 1 fully saturated rings. The van der Waals surface area contributed by atoms with E-state index in [0.29, 0.717) is 12.1 Å². The van der Waals surface area contributed by atoms with Crippen LogP contribution >= 0.6 is 0 Å². The lowest BCUT2D eigenvalue weighted by atomic mass is 10.1. The van der Waals surface area contributed by atoms with Gasteiger partial charge in [0.15, 0.2) is 0 Å². The molecule has 0 heterocycles. The van der Waals surface area contributed by atoms with Crippen LogP contribution in [-0.4, -0.2) is 23.8 Å². The van der Waals surface area contributed by atoms with Crippen LogP contribution in [0.4, 0.5) is 0 Å². The van der Waals surface area contributed by atoms with E-state index in [0.717, 1.165) is 12.3 Å². The van der Waals surface area contributed by atoms with Crippen molar-refractivity contribution in [2.24, 2.45) is 5.92 Å². The highest BCUT2D eigenvalue weighted by molar-refractivity contribution is 4.81. The van der Waals surface area contributed by atoms with E-state index in [-0.39, 0.29) is 6.61 Å². The van der Waals surface area contributed by atoms with E-state index >= 15 is 0 Å². The van der Waals surface area contributed by atoms with E-state index in [1.807, 2.05) is 0 Å². The molecule has 1 rings (SSSR count). The second-order valence-electron chi connectivity index (χ2n) is 4.07. The number of nitrogens with one attached hydrogen (secondary N) is 1. The molecule has 0 aliphatic heterocycles. The summed E-state index contributed by atoms with van der Waals surface area (Å²) in [6.07, 6.45) is 4.95. The second-order valence-corrected chi connectivity index (χ2v) is 4.07. The van der Waals surface area contributed by atoms with Gasteiger partial charge in [-0.05, 0) is 31.6 Å². The zero-order valence-corrected chi connectivity index (χ0v) is 8.21. The van der Waals surface area contributed by atoms with Crippen molar-refractivity contribution in [1.82, 2.24) is 5.32 Å². The van der Waals surface area contributed by atoms with Crippen LogP contribution in [0, 0.1) is 5.92 Å².